The van der Waals surface area contributed by atoms with E-state index in [1.54, 1.807) is 19.9 Å². The first-order valence-corrected chi connectivity index (χ1v) is 5.70. The third-order valence-electron chi connectivity index (χ3n) is 2.27. The molecule has 0 aliphatic heterocycles. The first kappa shape index (κ1) is 14.0. The lowest BCUT2D eigenvalue weighted by Gasteiger charge is -2.07. The molecular weight excluding hydrogens is 234 g/mol. The molecule has 1 aromatic heterocycles. The van der Waals surface area contributed by atoms with Gasteiger partial charge in [-0.1, -0.05) is 0 Å². The van der Waals surface area contributed by atoms with E-state index in [1.165, 1.54) is 6.20 Å². The van der Waals surface area contributed by atoms with Crippen molar-refractivity contribution in [3.63, 3.8) is 0 Å². The Morgan fingerprint density at radius 1 is 1.50 bits per heavy atom. The van der Waals surface area contributed by atoms with E-state index in [0.717, 1.165) is 0 Å². The molecule has 1 aromatic rings. The number of anilines is 1. The third-order valence-corrected chi connectivity index (χ3v) is 2.27. The van der Waals surface area contributed by atoms with Crippen LogP contribution in [0.2, 0.25) is 0 Å². The number of aromatic nitrogens is 1. The van der Waals surface area contributed by atoms with Gasteiger partial charge in [0, 0.05) is 6.54 Å². The fourth-order valence-electron chi connectivity index (χ4n) is 1.39. The van der Waals surface area contributed by atoms with Crippen LogP contribution in [0.5, 0.6) is 0 Å². The van der Waals surface area contributed by atoms with Gasteiger partial charge in [-0.3, -0.25) is 14.6 Å². The summed E-state index contributed by atoms with van der Waals surface area (Å²) < 4.78 is 4.75. The first-order valence-electron chi connectivity index (χ1n) is 5.70. The molecular formula is C12H17N3O3. The Labute approximate surface area is 106 Å². The molecule has 0 spiro atoms. The predicted molar refractivity (Wildman–Crippen MR) is 67.0 cm³/mol. The summed E-state index contributed by atoms with van der Waals surface area (Å²) in [4.78, 5) is 26.9. The Kier molecular flexibility index (Phi) is 5.10. The molecule has 0 radical (unpaired) electrons. The molecule has 0 bridgehead atoms. The standard InChI is InChI=1S/C12H17N3O3/c1-3-18-11(16)4-5-14-12(17)10-6-9(13)7-15-8(10)2/h6-7H,3-5,13H2,1-2H3,(H,14,17). The smallest absolute Gasteiger partial charge is 0.307 e. The topological polar surface area (TPSA) is 94.3 Å². The van der Waals surface area contributed by atoms with Crippen molar-refractivity contribution in [3.8, 4) is 0 Å². The van der Waals surface area contributed by atoms with Crippen LogP contribution in [-0.4, -0.2) is 30.0 Å². The van der Waals surface area contributed by atoms with Crippen LogP contribution in [0.25, 0.3) is 0 Å². The minimum Gasteiger partial charge on any atom is -0.466 e. The quantitative estimate of drug-likeness (QED) is 0.749. The summed E-state index contributed by atoms with van der Waals surface area (Å²) in [6.45, 7) is 4.02. The summed E-state index contributed by atoms with van der Waals surface area (Å²) in [6.07, 6.45) is 1.64. The lowest BCUT2D eigenvalue weighted by Crippen LogP contribution is -2.27. The number of pyridine rings is 1. The van der Waals surface area contributed by atoms with Crippen LogP contribution in [0.4, 0.5) is 5.69 Å². The van der Waals surface area contributed by atoms with Gasteiger partial charge in [0.1, 0.15) is 0 Å². The molecule has 0 unspecified atom stereocenters. The number of hydrogen-bond donors (Lipinski definition) is 2. The van der Waals surface area contributed by atoms with E-state index in [4.69, 9.17) is 10.5 Å². The molecule has 0 aromatic carbocycles. The molecule has 0 saturated carbocycles. The van der Waals surface area contributed by atoms with E-state index in [2.05, 4.69) is 10.3 Å². The minimum absolute atomic E-state index is 0.147. The molecule has 18 heavy (non-hydrogen) atoms. The summed E-state index contributed by atoms with van der Waals surface area (Å²) in [7, 11) is 0. The molecule has 0 aliphatic carbocycles. The number of aryl methyl sites for hydroxylation is 1. The molecule has 0 aliphatic rings. The average molecular weight is 251 g/mol. The molecule has 6 nitrogen and oxygen atoms in total. The van der Waals surface area contributed by atoms with E-state index in [9.17, 15) is 9.59 Å². The van der Waals surface area contributed by atoms with Crippen molar-refractivity contribution >= 4 is 17.6 Å². The summed E-state index contributed by atoms with van der Waals surface area (Å²) >= 11 is 0. The molecule has 0 fully saturated rings. The molecule has 1 rings (SSSR count). The van der Waals surface area contributed by atoms with Gasteiger partial charge in [-0.25, -0.2) is 0 Å². The molecule has 1 amide bonds. The molecule has 3 N–H and O–H groups in total. The van der Waals surface area contributed by atoms with E-state index >= 15 is 0 Å². The largest absolute Gasteiger partial charge is 0.466 e. The van der Waals surface area contributed by atoms with Gasteiger partial charge in [0.2, 0.25) is 0 Å². The number of carbonyl (C=O) groups is 2. The van der Waals surface area contributed by atoms with E-state index < -0.39 is 0 Å². The SMILES string of the molecule is CCOC(=O)CCNC(=O)c1cc(N)cnc1C. The van der Waals surface area contributed by atoms with Crippen molar-refractivity contribution < 1.29 is 14.3 Å². The van der Waals surface area contributed by atoms with Gasteiger partial charge >= 0.3 is 5.97 Å². The van der Waals surface area contributed by atoms with E-state index in [1.807, 2.05) is 0 Å². The van der Waals surface area contributed by atoms with Crippen LogP contribution < -0.4 is 11.1 Å². The second-order valence-electron chi connectivity index (χ2n) is 3.71. The third kappa shape index (κ3) is 4.04. The highest BCUT2D eigenvalue weighted by Gasteiger charge is 2.10. The van der Waals surface area contributed by atoms with Gasteiger partial charge in [-0.15, -0.1) is 0 Å². The van der Waals surface area contributed by atoms with Crippen LogP contribution in [0, 0.1) is 6.92 Å². The maximum Gasteiger partial charge on any atom is 0.307 e. The second kappa shape index (κ2) is 6.58. The fraction of sp³-hybridized carbons (Fsp3) is 0.417. The Hall–Kier alpha value is -2.11. The summed E-state index contributed by atoms with van der Waals surface area (Å²) in [6, 6.07) is 1.56. The zero-order valence-corrected chi connectivity index (χ0v) is 10.5. The van der Waals surface area contributed by atoms with Gasteiger partial charge in [-0.05, 0) is 19.9 Å². The van der Waals surface area contributed by atoms with Crippen LogP contribution in [0.1, 0.15) is 29.4 Å². The Bertz CT molecular complexity index is 446. The van der Waals surface area contributed by atoms with Gasteiger partial charge in [-0.2, -0.15) is 0 Å². The van der Waals surface area contributed by atoms with Gasteiger partial charge < -0.3 is 15.8 Å². The predicted octanol–water partition coefficient (Wildman–Crippen LogP) is 0.655. The number of hydrogen-bond acceptors (Lipinski definition) is 5. The average Bonchev–Trinajstić information content (AvgIpc) is 2.32. The number of ether oxygens (including phenoxy) is 1. The van der Waals surface area contributed by atoms with Crippen molar-refractivity contribution in [1.82, 2.24) is 10.3 Å². The Morgan fingerprint density at radius 2 is 2.22 bits per heavy atom. The number of carbonyl (C=O) groups excluding carboxylic acids is 2. The van der Waals surface area contributed by atoms with Crippen molar-refractivity contribution in [3.05, 3.63) is 23.5 Å². The highest BCUT2D eigenvalue weighted by atomic mass is 16.5. The number of nitrogens with zero attached hydrogens (tertiary/aromatic N) is 1. The van der Waals surface area contributed by atoms with E-state index in [0.29, 0.717) is 23.6 Å². The number of rotatable bonds is 5. The van der Waals surface area contributed by atoms with Crippen molar-refractivity contribution in [1.29, 1.82) is 0 Å². The fourth-order valence-corrected chi connectivity index (χ4v) is 1.39. The Balaban J connectivity index is 2.50. The first-order chi connectivity index (χ1) is 8.54. The summed E-state index contributed by atoms with van der Waals surface area (Å²) in [5.41, 5.74) is 7.00. The van der Waals surface area contributed by atoms with Crippen molar-refractivity contribution in [2.75, 3.05) is 18.9 Å². The number of nitrogens with one attached hydrogen (secondary N) is 1. The number of amides is 1. The van der Waals surface area contributed by atoms with Crippen LogP contribution in [0.15, 0.2) is 12.3 Å². The molecule has 0 saturated heterocycles. The van der Waals surface area contributed by atoms with Gasteiger partial charge in [0.05, 0.1) is 36.2 Å². The summed E-state index contributed by atoms with van der Waals surface area (Å²) in [5, 5.41) is 2.62. The number of nitrogens with two attached hydrogens (primary N) is 1. The molecule has 98 valence electrons. The maximum absolute atomic E-state index is 11.8. The maximum atomic E-state index is 11.8. The molecule has 6 heteroatoms. The second-order valence-corrected chi connectivity index (χ2v) is 3.71. The summed E-state index contributed by atoms with van der Waals surface area (Å²) in [5.74, 6) is -0.628. The normalized spacial score (nSPS) is 9.89. The van der Waals surface area contributed by atoms with E-state index in [-0.39, 0.29) is 24.8 Å². The number of esters is 1. The lowest BCUT2D eigenvalue weighted by molar-refractivity contribution is -0.142. The van der Waals surface area contributed by atoms with Crippen LogP contribution in [-0.2, 0) is 9.53 Å². The highest BCUT2D eigenvalue weighted by Crippen LogP contribution is 2.09. The van der Waals surface area contributed by atoms with Crippen LogP contribution in [0.3, 0.4) is 0 Å². The molecule has 0 atom stereocenters. The minimum atomic E-state index is -0.333. The van der Waals surface area contributed by atoms with Gasteiger partial charge in [0.15, 0.2) is 0 Å². The lowest BCUT2D eigenvalue weighted by atomic mass is 10.2. The highest BCUT2D eigenvalue weighted by molar-refractivity contribution is 5.96. The van der Waals surface area contributed by atoms with Crippen LogP contribution >= 0.6 is 0 Å². The Morgan fingerprint density at radius 3 is 2.89 bits per heavy atom. The van der Waals surface area contributed by atoms with Crippen molar-refractivity contribution in [2.45, 2.75) is 20.3 Å². The van der Waals surface area contributed by atoms with Gasteiger partial charge in [0.25, 0.3) is 5.91 Å². The number of nitrogen functional groups attached to an aromatic ring is 1. The monoisotopic (exact) mass is 251 g/mol. The molecule has 1 heterocycles. The zero-order valence-electron chi connectivity index (χ0n) is 10.5. The zero-order chi connectivity index (χ0) is 13.5. The van der Waals surface area contributed by atoms with Crippen molar-refractivity contribution in [2.24, 2.45) is 0 Å².